The lowest BCUT2D eigenvalue weighted by Gasteiger charge is -2.06. The molecule has 15 heteroatoms. The Balaban J connectivity index is -0.000000152. The summed E-state index contributed by atoms with van der Waals surface area (Å²) in [5, 5.41) is 48.6. The van der Waals surface area contributed by atoms with E-state index >= 15 is 0 Å². The molecule has 5 unspecified atom stereocenters. The van der Waals surface area contributed by atoms with Crippen molar-refractivity contribution in [3.63, 3.8) is 0 Å². The minimum atomic E-state index is -1.18. The lowest BCUT2D eigenvalue weighted by Crippen LogP contribution is -2.39. The minimum absolute atomic E-state index is 0.505. The van der Waals surface area contributed by atoms with Crippen LogP contribution in [0.25, 0.3) is 0 Å². The summed E-state index contributed by atoms with van der Waals surface area (Å²) >= 11 is 1.60. The third-order valence-electron chi connectivity index (χ3n) is 2.66. The van der Waals surface area contributed by atoms with E-state index in [-0.39, 0.29) is 0 Å². The number of aliphatic hydroxyl groups excluding tert-OH is 2. The Morgan fingerprint density at radius 2 is 1.17 bits per heavy atom. The molecule has 0 saturated carbocycles. The van der Waals surface area contributed by atoms with Crippen LogP contribution >= 0.6 is 11.8 Å². The fourth-order valence-corrected chi connectivity index (χ4v) is 1.14. The summed E-state index contributed by atoms with van der Waals surface area (Å²) in [5.74, 6) is -3.42. The molecule has 0 aromatic heterocycles. The van der Waals surface area contributed by atoms with Gasteiger partial charge in [0.25, 0.3) is 0 Å². The Labute approximate surface area is 178 Å². The van der Waals surface area contributed by atoms with Crippen LogP contribution in [0.1, 0.15) is 20.3 Å². The van der Waals surface area contributed by atoms with Gasteiger partial charge in [-0.3, -0.25) is 19.2 Å². The number of aliphatic carboxylic acids is 4. The maximum Gasteiger partial charge on any atom is 0.323 e. The fraction of sp³-hybridized carbons (Fsp3) is 0.733. The molecule has 5 atom stereocenters. The standard InChI is InChI=1S/C5H11NO2S.C4H9NO3.C3H7NO3.C3H7NO2/c1-9-3-2-4(6)5(7)8;1-2(6)3(5)4(7)8;4-2(1-5)3(6)7;1-2(4)3(5)6/h4H,2-3,6H2,1H3,(H,7,8);2-3,6H,5H2,1H3,(H,7,8);2,5H,1,4H2,(H,6,7);2H,4H2,1H3,(H,5,6). The highest BCUT2D eigenvalue weighted by molar-refractivity contribution is 7.98. The zero-order valence-electron chi connectivity index (χ0n) is 17.0. The van der Waals surface area contributed by atoms with Crippen LogP contribution in [0.15, 0.2) is 0 Å². The van der Waals surface area contributed by atoms with Crippen molar-refractivity contribution in [1.29, 1.82) is 0 Å². The number of aliphatic hydroxyl groups is 2. The molecule has 14 nitrogen and oxygen atoms in total. The van der Waals surface area contributed by atoms with Crippen molar-refractivity contribution < 1.29 is 49.8 Å². The third-order valence-corrected chi connectivity index (χ3v) is 3.30. The van der Waals surface area contributed by atoms with Gasteiger partial charge >= 0.3 is 23.9 Å². The highest BCUT2D eigenvalue weighted by Gasteiger charge is 2.16. The molecule has 0 rings (SSSR count). The molecule has 0 saturated heterocycles. The molecular formula is C15H34N4O10S. The van der Waals surface area contributed by atoms with Crippen LogP contribution < -0.4 is 22.9 Å². The lowest BCUT2D eigenvalue weighted by molar-refractivity contribution is -0.141. The number of carbonyl (C=O) groups is 4. The summed E-state index contributed by atoms with van der Waals surface area (Å²) in [4.78, 5) is 39.1. The van der Waals surface area contributed by atoms with Crippen molar-refractivity contribution >= 4 is 35.6 Å². The summed E-state index contributed by atoms with van der Waals surface area (Å²) in [7, 11) is 0. The Bertz CT molecular complexity index is 494. The lowest BCUT2D eigenvalue weighted by atomic mass is 10.2. The van der Waals surface area contributed by atoms with Crippen molar-refractivity contribution in [3.05, 3.63) is 0 Å². The maximum absolute atomic E-state index is 10.1. The van der Waals surface area contributed by atoms with E-state index in [0.29, 0.717) is 6.42 Å². The zero-order chi connectivity index (χ0) is 25.0. The average Bonchev–Trinajstić information content (AvgIpc) is 2.65. The fourth-order valence-electron chi connectivity index (χ4n) is 0.653. The second kappa shape index (κ2) is 21.7. The van der Waals surface area contributed by atoms with Crippen LogP contribution in [0.3, 0.4) is 0 Å². The van der Waals surface area contributed by atoms with Gasteiger partial charge in [-0.25, -0.2) is 0 Å². The normalized spacial score (nSPS) is 14.4. The number of carboxylic acids is 4. The molecule has 0 aliphatic heterocycles. The van der Waals surface area contributed by atoms with E-state index in [1.165, 1.54) is 13.8 Å². The zero-order valence-corrected chi connectivity index (χ0v) is 17.9. The van der Waals surface area contributed by atoms with E-state index < -0.39 is 60.8 Å². The molecule has 0 heterocycles. The molecule has 0 spiro atoms. The van der Waals surface area contributed by atoms with Crippen molar-refractivity contribution in [2.24, 2.45) is 22.9 Å². The van der Waals surface area contributed by atoms with Crippen LogP contribution in [-0.2, 0) is 19.2 Å². The van der Waals surface area contributed by atoms with Crippen molar-refractivity contribution in [2.75, 3.05) is 18.6 Å². The average molecular weight is 463 g/mol. The van der Waals surface area contributed by atoms with Gasteiger partial charge in [0.1, 0.15) is 24.2 Å². The van der Waals surface area contributed by atoms with Crippen LogP contribution in [-0.4, -0.2) is 103 Å². The summed E-state index contributed by atoms with van der Waals surface area (Å²) in [6.07, 6.45) is 1.50. The van der Waals surface area contributed by atoms with Gasteiger partial charge < -0.3 is 53.6 Å². The van der Waals surface area contributed by atoms with Crippen LogP contribution in [0.2, 0.25) is 0 Å². The van der Waals surface area contributed by atoms with Gasteiger partial charge in [-0.15, -0.1) is 0 Å². The molecule has 0 fully saturated rings. The van der Waals surface area contributed by atoms with Crippen molar-refractivity contribution in [1.82, 2.24) is 0 Å². The van der Waals surface area contributed by atoms with E-state index in [1.54, 1.807) is 11.8 Å². The largest absolute Gasteiger partial charge is 0.480 e. The van der Waals surface area contributed by atoms with Gasteiger partial charge in [0.05, 0.1) is 12.7 Å². The first kappa shape index (κ1) is 35.4. The van der Waals surface area contributed by atoms with Crippen LogP contribution in [0.4, 0.5) is 0 Å². The first-order valence-electron chi connectivity index (χ1n) is 8.27. The van der Waals surface area contributed by atoms with Gasteiger partial charge in [-0.1, -0.05) is 0 Å². The monoisotopic (exact) mass is 462 g/mol. The highest BCUT2D eigenvalue weighted by Crippen LogP contribution is 1.97. The van der Waals surface area contributed by atoms with Gasteiger partial charge in [0, 0.05) is 0 Å². The molecule has 0 amide bonds. The van der Waals surface area contributed by atoms with Crippen LogP contribution in [0.5, 0.6) is 0 Å². The molecule has 30 heavy (non-hydrogen) atoms. The molecule has 180 valence electrons. The topological polar surface area (TPSA) is 294 Å². The van der Waals surface area contributed by atoms with Gasteiger partial charge in [-0.2, -0.15) is 11.8 Å². The molecule has 0 aliphatic rings. The van der Waals surface area contributed by atoms with Crippen molar-refractivity contribution in [2.45, 2.75) is 50.5 Å². The number of rotatable bonds is 9. The van der Waals surface area contributed by atoms with Gasteiger partial charge in [0.2, 0.25) is 0 Å². The smallest absolute Gasteiger partial charge is 0.323 e. The minimum Gasteiger partial charge on any atom is -0.480 e. The Kier molecular flexibility index (Phi) is 25.6. The Hall–Kier alpha value is -2.01. The van der Waals surface area contributed by atoms with Gasteiger partial charge in [0.15, 0.2) is 0 Å². The predicted octanol–water partition coefficient (Wildman–Crippen LogP) is -3.26. The van der Waals surface area contributed by atoms with E-state index in [9.17, 15) is 19.2 Å². The van der Waals surface area contributed by atoms with Gasteiger partial charge in [-0.05, 0) is 32.3 Å². The molecule has 0 bridgehead atoms. The van der Waals surface area contributed by atoms with E-state index in [0.717, 1.165) is 5.75 Å². The quantitative estimate of drug-likeness (QED) is 0.161. The van der Waals surface area contributed by atoms with E-state index in [2.05, 4.69) is 0 Å². The first-order chi connectivity index (χ1) is 13.6. The number of carboxylic acid groups (broad SMARTS) is 4. The summed E-state index contributed by atoms with van der Waals surface area (Å²) in [6, 6.07) is -3.70. The second-order valence-corrected chi connectivity index (χ2v) is 6.57. The number of nitrogens with two attached hydrogens (primary N) is 4. The molecule has 0 aromatic carbocycles. The Morgan fingerprint density at radius 1 is 0.800 bits per heavy atom. The van der Waals surface area contributed by atoms with E-state index in [4.69, 9.17) is 53.6 Å². The number of hydrogen-bond acceptors (Lipinski definition) is 11. The molecule has 0 aliphatic carbocycles. The maximum atomic E-state index is 10.1. The van der Waals surface area contributed by atoms with E-state index in [1.807, 2.05) is 6.26 Å². The number of hydrogen-bond donors (Lipinski definition) is 10. The second-order valence-electron chi connectivity index (χ2n) is 5.59. The van der Waals surface area contributed by atoms with Crippen molar-refractivity contribution in [3.8, 4) is 0 Å². The summed E-state index contributed by atoms with van der Waals surface area (Å²) in [6.45, 7) is 2.25. The molecule has 0 aromatic rings. The molecule has 0 radical (unpaired) electrons. The first-order valence-corrected chi connectivity index (χ1v) is 9.67. The molecule has 14 N–H and O–H groups in total. The van der Waals surface area contributed by atoms with Crippen LogP contribution in [0, 0.1) is 0 Å². The highest BCUT2D eigenvalue weighted by atomic mass is 32.2. The molecular weight excluding hydrogens is 428 g/mol. The third kappa shape index (κ3) is 28.2. The SMILES string of the molecule is CC(N)C(=O)O.CC(O)C(N)C(=O)O.CSCCC(N)C(=O)O.NC(CO)C(=O)O. The predicted molar refractivity (Wildman–Crippen MR) is 110 cm³/mol. The Morgan fingerprint density at radius 3 is 1.27 bits per heavy atom. The summed E-state index contributed by atoms with van der Waals surface area (Å²) in [5.41, 5.74) is 19.7. The number of thioether (sulfide) groups is 1. The summed E-state index contributed by atoms with van der Waals surface area (Å²) < 4.78 is 0.